The maximum Gasteiger partial charge on any atom is 0.222 e. The molecule has 0 aromatic carbocycles. The summed E-state index contributed by atoms with van der Waals surface area (Å²) < 4.78 is 5.24. The van der Waals surface area contributed by atoms with Crippen molar-refractivity contribution >= 4 is 17.5 Å². The van der Waals surface area contributed by atoms with E-state index in [9.17, 15) is 0 Å². The molecule has 0 unspecified atom stereocenters. The first-order valence-corrected chi connectivity index (χ1v) is 4.68. The second-order valence-electron chi connectivity index (χ2n) is 3.54. The Morgan fingerprint density at radius 2 is 2.00 bits per heavy atom. The maximum atomic E-state index is 5.65. The van der Waals surface area contributed by atoms with Crippen LogP contribution in [0.5, 0.6) is 0 Å². The number of ether oxygens (including phenoxy) is 1. The lowest BCUT2D eigenvalue weighted by molar-refractivity contribution is 0.0342. The van der Waals surface area contributed by atoms with Gasteiger partial charge in [0, 0.05) is 13.7 Å². The molecule has 1 aromatic heterocycles. The molecular weight excluding hydrogens is 202 g/mol. The highest BCUT2D eigenvalue weighted by Crippen LogP contribution is 2.09. The number of nitrogens with one attached hydrogen (secondary N) is 1. The van der Waals surface area contributed by atoms with Crippen LogP contribution in [0.2, 0.25) is 5.02 Å². The average Bonchev–Trinajstić information content (AvgIpc) is 2.17. The summed E-state index contributed by atoms with van der Waals surface area (Å²) in [4.78, 5) is 8.01. The summed E-state index contributed by atoms with van der Waals surface area (Å²) in [5.74, 6) is 0.555. The Morgan fingerprint density at radius 3 is 2.50 bits per heavy atom. The molecule has 0 aliphatic carbocycles. The molecule has 1 N–H and O–H groups in total. The van der Waals surface area contributed by atoms with Crippen LogP contribution < -0.4 is 5.32 Å². The smallest absolute Gasteiger partial charge is 0.222 e. The maximum absolute atomic E-state index is 5.65. The van der Waals surface area contributed by atoms with Crippen molar-refractivity contribution in [2.24, 2.45) is 0 Å². The van der Waals surface area contributed by atoms with Crippen LogP contribution in [0.1, 0.15) is 13.8 Å². The summed E-state index contributed by atoms with van der Waals surface area (Å²) in [6.45, 7) is 4.61. The standard InChI is InChI=1S/C9H14ClN3O/c1-9(2,14-3)6-13-8-11-4-7(10)5-12-8/h4-5H,6H2,1-3H3,(H,11,12,13). The molecule has 1 rings (SSSR count). The van der Waals surface area contributed by atoms with Gasteiger partial charge in [0.1, 0.15) is 0 Å². The number of hydrogen-bond acceptors (Lipinski definition) is 4. The van der Waals surface area contributed by atoms with E-state index in [1.54, 1.807) is 19.5 Å². The van der Waals surface area contributed by atoms with Crippen molar-refractivity contribution in [1.82, 2.24) is 9.97 Å². The minimum Gasteiger partial charge on any atom is -0.377 e. The zero-order chi connectivity index (χ0) is 10.6. The molecule has 0 fully saturated rings. The molecule has 0 bridgehead atoms. The van der Waals surface area contributed by atoms with Gasteiger partial charge < -0.3 is 10.1 Å². The van der Waals surface area contributed by atoms with Gasteiger partial charge in [-0.25, -0.2) is 9.97 Å². The van der Waals surface area contributed by atoms with Gasteiger partial charge in [0.05, 0.1) is 23.0 Å². The average molecular weight is 216 g/mol. The molecule has 1 aromatic rings. The van der Waals surface area contributed by atoms with Crippen molar-refractivity contribution in [2.45, 2.75) is 19.4 Å². The van der Waals surface area contributed by atoms with Gasteiger partial charge in [0.25, 0.3) is 0 Å². The Balaban J connectivity index is 2.50. The van der Waals surface area contributed by atoms with Gasteiger partial charge in [0.2, 0.25) is 5.95 Å². The van der Waals surface area contributed by atoms with E-state index < -0.39 is 0 Å². The zero-order valence-corrected chi connectivity index (χ0v) is 9.30. The minimum atomic E-state index is -0.233. The van der Waals surface area contributed by atoms with E-state index in [0.717, 1.165) is 0 Å². The van der Waals surface area contributed by atoms with Gasteiger partial charge in [-0.1, -0.05) is 11.6 Å². The summed E-state index contributed by atoms with van der Waals surface area (Å²) in [7, 11) is 1.67. The van der Waals surface area contributed by atoms with Crippen LogP contribution in [0, 0.1) is 0 Å². The quantitative estimate of drug-likeness (QED) is 0.834. The van der Waals surface area contributed by atoms with Crippen molar-refractivity contribution in [3.63, 3.8) is 0 Å². The lowest BCUT2D eigenvalue weighted by Crippen LogP contribution is -2.32. The molecule has 0 atom stereocenters. The second kappa shape index (κ2) is 4.57. The number of hydrogen-bond donors (Lipinski definition) is 1. The summed E-state index contributed by atoms with van der Waals surface area (Å²) >= 11 is 5.65. The fourth-order valence-electron chi connectivity index (χ4n) is 0.768. The first-order chi connectivity index (χ1) is 6.53. The molecule has 0 amide bonds. The third kappa shape index (κ3) is 3.47. The van der Waals surface area contributed by atoms with E-state index in [2.05, 4.69) is 15.3 Å². The normalized spacial score (nSPS) is 11.4. The SMILES string of the molecule is COC(C)(C)CNc1ncc(Cl)cn1. The fourth-order valence-corrected chi connectivity index (χ4v) is 0.865. The van der Waals surface area contributed by atoms with E-state index in [-0.39, 0.29) is 5.60 Å². The van der Waals surface area contributed by atoms with Gasteiger partial charge >= 0.3 is 0 Å². The van der Waals surface area contributed by atoms with Crippen molar-refractivity contribution in [3.8, 4) is 0 Å². The van der Waals surface area contributed by atoms with Crippen LogP contribution >= 0.6 is 11.6 Å². The molecule has 0 saturated heterocycles. The van der Waals surface area contributed by atoms with E-state index in [0.29, 0.717) is 17.5 Å². The molecule has 0 aliphatic rings. The molecule has 78 valence electrons. The summed E-state index contributed by atoms with van der Waals surface area (Å²) in [6, 6.07) is 0. The van der Waals surface area contributed by atoms with E-state index in [1.807, 2.05) is 13.8 Å². The van der Waals surface area contributed by atoms with Gasteiger partial charge in [-0.3, -0.25) is 0 Å². The second-order valence-corrected chi connectivity index (χ2v) is 3.98. The number of methoxy groups -OCH3 is 1. The number of nitrogens with zero attached hydrogens (tertiary/aromatic N) is 2. The molecule has 0 spiro atoms. The Kier molecular flexibility index (Phi) is 3.66. The Morgan fingerprint density at radius 1 is 1.43 bits per heavy atom. The highest BCUT2D eigenvalue weighted by molar-refractivity contribution is 6.30. The molecule has 4 nitrogen and oxygen atoms in total. The molecule has 5 heteroatoms. The van der Waals surface area contributed by atoms with Gasteiger partial charge in [-0.15, -0.1) is 0 Å². The van der Waals surface area contributed by atoms with Crippen molar-refractivity contribution in [3.05, 3.63) is 17.4 Å². The number of halogens is 1. The summed E-state index contributed by atoms with van der Waals surface area (Å²) in [6.07, 6.45) is 3.10. The van der Waals surface area contributed by atoms with Crippen molar-refractivity contribution < 1.29 is 4.74 Å². The highest BCUT2D eigenvalue weighted by atomic mass is 35.5. The monoisotopic (exact) mass is 215 g/mol. The largest absolute Gasteiger partial charge is 0.377 e. The molecule has 0 aliphatic heterocycles. The van der Waals surface area contributed by atoms with Crippen LogP contribution in [-0.4, -0.2) is 29.2 Å². The van der Waals surface area contributed by atoms with E-state index >= 15 is 0 Å². The molecule has 1 heterocycles. The Bertz CT molecular complexity index is 287. The summed E-state index contributed by atoms with van der Waals surface area (Å²) in [5.41, 5.74) is -0.233. The predicted octanol–water partition coefficient (Wildman–Crippen LogP) is 1.97. The third-order valence-electron chi connectivity index (χ3n) is 1.85. The van der Waals surface area contributed by atoms with E-state index in [4.69, 9.17) is 16.3 Å². The third-order valence-corrected chi connectivity index (χ3v) is 2.04. The predicted molar refractivity (Wildman–Crippen MR) is 56.6 cm³/mol. The first-order valence-electron chi connectivity index (χ1n) is 4.30. The molecular formula is C9H14ClN3O. The fraction of sp³-hybridized carbons (Fsp3) is 0.556. The van der Waals surface area contributed by atoms with Gasteiger partial charge in [-0.05, 0) is 13.8 Å². The Hall–Kier alpha value is -0.870. The number of rotatable bonds is 4. The van der Waals surface area contributed by atoms with Gasteiger partial charge in [0.15, 0.2) is 0 Å². The van der Waals surface area contributed by atoms with Crippen molar-refractivity contribution in [2.75, 3.05) is 19.0 Å². The molecule has 0 radical (unpaired) electrons. The summed E-state index contributed by atoms with van der Waals surface area (Å²) in [5, 5.41) is 3.59. The number of anilines is 1. The minimum absolute atomic E-state index is 0.233. The first kappa shape index (κ1) is 11.2. The van der Waals surface area contributed by atoms with Crippen LogP contribution in [0.3, 0.4) is 0 Å². The van der Waals surface area contributed by atoms with Crippen LogP contribution in [-0.2, 0) is 4.74 Å². The van der Waals surface area contributed by atoms with Gasteiger partial charge in [-0.2, -0.15) is 0 Å². The van der Waals surface area contributed by atoms with Crippen LogP contribution in [0.4, 0.5) is 5.95 Å². The van der Waals surface area contributed by atoms with Crippen molar-refractivity contribution in [1.29, 1.82) is 0 Å². The van der Waals surface area contributed by atoms with Crippen LogP contribution in [0.25, 0.3) is 0 Å². The Labute approximate surface area is 88.7 Å². The van der Waals surface area contributed by atoms with E-state index in [1.165, 1.54) is 0 Å². The number of aromatic nitrogens is 2. The molecule has 14 heavy (non-hydrogen) atoms. The lowest BCUT2D eigenvalue weighted by atomic mass is 10.1. The topological polar surface area (TPSA) is 47.0 Å². The zero-order valence-electron chi connectivity index (χ0n) is 8.54. The lowest BCUT2D eigenvalue weighted by Gasteiger charge is -2.22. The highest BCUT2D eigenvalue weighted by Gasteiger charge is 2.15. The van der Waals surface area contributed by atoms with Crippen LogP contribution in [0.15, 0.2) is 12.4 Å². The molecule has 0 saturated carbocycles.